The molecule has 1 aromatic heterocycles. The van der Waals surface area contributed by atoms with Crippen LogP contribution in [0.1, 0.15) is 41.7 Å². The van der Waals surface area contributed by atoms with E-state index < -0.39 is 11.5 Å². The minimum Gasteiger partial charge on any atom is -0.478 e. The van der Waals surface area contributed by atoms with E-state index >= 15 is 0 Å². The van der Waals surface area contributed by atoms with Gasteiger partial charge in [0.05, 0.1) is 11.3 Å². The van der Waals surface area contributed by atoms with Gasteiger partial charge in [-0.3, -0.25) is 14.8 Å². The van der Waals surface area contributed by atoms with Crippen LogP contribution < -0.4 is 0 Å². The lowest BCUT2D eigenvalue weighted by atomic mass is 9.82. The van der Waals surface area contributed by atoms with E-state index in [1.54, 1.807) is 24.4 Å². The molecule has 0 bridgehead atoms. The molecule has 5 heteroatoms. The molecule has 1 N–H and O–H groups in total. The number of carbonyl (C=O) groups is 2. The average molecular weight is 284 g/mol. The SMILES string of the molecule is O=C(O)c1ccc(C2(C(=O)C3CCCC3)C=CC=N2)nc1. The summed E-state index contributed by atoms with van der Waals surface area (Å²) in [5.74, 6) is -0.942. The fourth-order valence-electron chi connectivity index (χ4n) is 3.05. The lowest BCUT2D eigenvalue weighted by Crippen LogP contribution is -2.36. The Kier molecular flexibility index (Phi) is 3.41. The first kappa shape index (κ1) is 13.7. The molecule has 0 amide bonds. The van der Waals surface area contributed by atoms with Gasteiger partial charge in [0.25, 0.3) is 0 Å². The highest BCUT2D eigenvalue weighted by Crippen LogP contribution is 2.38. The zero-order valence-corrected chi connectivity index (χ0v) is 11.5. The molecule has 0 radical (unpaired) electrons. The summed E-state index contributed by atoms with van der Waals surface area (Å²) in [4.78, 5) is 32.3. The van der Waals surface area contributed by atoms with Crippen molar-refractivity contribution in [2.75, 3.05) is 0 Å². The smallest absolute Gasteiger partial charge is 0.337 e. The van der Waals surface area contributed by atoms with Crippen molar-refractivity contribution in [1.29, 1.82) is 0 Å². The van der Waals surface area contributed by atoms with Crippen LogP contribution in [0.2, 0.25) is 0 Å². The molecule has 1 aromatic rings. The molecule has 21 heavy (non-hydrogen) atoms. The Balaban J connectivity index is 1.97. The first-order chi connectivity index (χ1) is 10.1. The van der Waals surface area contributed by atoms with E-state index in [1.807, 2.05) is 0 Å². The molecule has 1 aliphatic carbocycles. The molecule has 1 unspecified atom stereocenters. The van der Waals surface area contributed by atoms with Crippen molar-refractivity contribution in [2.24, 2.45) is 10.9 Å². The maximum Gasteiger partial charge on any atom is 0.337 e. The summed E-state index contributed by atoms with van der Waals surface area (Å²) in [6.07, 6.45) is 10.4. The van der Waals surface area contributed by atoms with Crippen LogP contribution in [0.4, 0.5) is 0 Å². The second-order valence-electron chi connectivity index (χ2n) is 5.49. The van der Waals surface area contributed by atoms with Crippen LogP contribution in [-0.4, -0.2) is 28.1 Å². The number of aliphatic imine (C=N–C) groups is 1. The predicted octanol–water partition coefficient (Wildman–Crippen LogP) is 2.38. The molecule has 2 aliphatic rings. The maximum absolute atomic E-state index is 12.9. The zero-order valence-electron chi connectivity index (χ0n) is 11.5. The summed E-state index contributed by atoms with van der Waals surface area (Å²) in [5, 5.41) is 8.94. The van der Waals surface area contributed by atoms with E-state index in [0.29, 0.717) is 5.69 Å². The van der Waals surface area contributed by atoms with Crippen LogP contribution >= 0.6 is 0 Å². The lowest BCUT2D eigenvalue weighted by Gasteiger charge is -2.25. The predicted molar refractivity (Wildman–Crippen MR) is 77.5 cm³/mol. The number of rotatable bonds is 4. The van der Waals surface area contributed by atoms with Gasteiger partial charge in [0.1, 0.15) is 0 Å². The first-order valence-electron chi connectivity index (χ1n) is 7.11. The normalized spacial score (nSPS) is 24.6. The maximum atomic E-state index is 12.9. The van der Waals surface area contributed by atoms with Gasteiger partial charge in [0.15, 0.2) is 11.3 Å². The standard InChI is InChI=1S/C16H16N2O3/c19-14(11-4-1-2-5-11)16(8-3-9-18-16)13-7-6-12(10-17-13)15(20)21/h3,6-11H,1-2,4-5H2,(H,20,21). The Morgan fingerprint density at radius 2 is 2.00 bits per heavy atom. The van der Waals surface area contributed by atoms with Gasteiger partial charge in [0, 0.05) is 18.3 Å². The summed E-state index contributed by atoms with van der Waals surface area (Å²) in [5.41, 5.74) is -0.464. The average Bonchev–Trinajstić information content (AvgIpc) is 3.19. The highest BCUT2D eigenvalue weighted by molar-refractivity contribution is 5.98. The molecule has 0 spiro atoms. The van der Waals surface area contributed by atoms with Crippen LogP contribution in [0, 0.1) is 5.92 Å². The third-order valence-corrected chi connectivity index (χ3v) is 4.20. The van der Waals surface area contributed by atoms with E-state index in [-0.39, 0.29) is 17.3 Å². The number of carbonyl (C=O) groups excluding carboxylic acids is 1. The quantitative estimate of drug-likeness (QED) is 0.920. The second-order valence-corrected chi connectivity index (χ2v) is 5.49. The molecule has 0 aromatic carbocycles. The number of hydrogen-bond acceptors (Lipinski definition) is 4. The molecular weight excluding hydrogens is 268 g/mol. The molecule has 1 atom stereocenters. The largest absolute Gasteiger partial charge is 0.478 e. The van der Waals surface area contributed by atoms with E-state index in [4.69, 9.17) is 5.11 Å². The van der Waals surface area contributed by atoms with Crippen molar-refractivity contribution in [2.45, 2.75) is 31.2 Å². The van der Waals surface area contributed by atoms with Gasteiger partial charge in [0.2, 0.25) is 0 Å². The first-order valence-corrected chi connectivity index (χ1v) is 7.11. The van der Waals surface area contributed by atoms with Crippen LogP contribution in [0.5, 0.6) is 0 Å². The zero-order chi connectivity index (χ0) is 14.9. The third-order valence-electron chi connectivity index (χ3n) is 4.20. The van der Waals surface area contributed by atoms with E-state index in [1.165, 1.54) is 12.3 Å². The second kappa shape index (κ2) is 5.24. The van der Waals surface area contributed by atoms with Gasteiger partial charge in [-0.25, -0.2) is 4.79 Å². The molecule has 1 fully saturated rings. The van der Waals surface area contributed by atoms with Crippen molar-refractivity contribution in [3.8, 4) is 0 Å². The summed E-state index contributed by atoms with van der Waals surface area (Å²) in [6.45, 7) is 0. The summed E-state index contributed by atoms with van der Waals surface area (Å²) >= 11 is 0. The van der Waals surface area contributed by atoms with Crippen molar-refractivity contribution in [3.63, 3.8) is 0 Å². The number of aromatic carboxylic acids is 1. The Hall–Kier alpha value is -2.30. The lowest BCUT2D eigenvalue weighted by molar-refractivity contribution is -0.126. The Morgan fingerprint density at radius 1 is 1.24 bits per heavy atom. The number of allylic oxidation sites excluding steroid dienone is 1. The molecule has 1 saturated carbocycles. The van der Waals surface area contributed by atoms with Gasteiger partial charge in [-0.05, 0) is 37.1 Å². The van der Waals surface area contributed by atoms with Gasteiger partial charge in [-0.1, -0.05) is 12.8 Å². The van der Waals surface area contributed by atoms with Crippen LogP contribution in [0.25, 0.3) is 0 Å². The molecule has 5 nitrogen and oxygen atoms in total. The van der Waals surface area contributed by atoms with Crippen molar-refractivity contribution in [1.82, 2.24) is 4.98 Å². The number of nitrogens with zero attached hydrogens (tertiary/aromatic N) is 2. The molecule has 1 aliphatic heterocycles. The number of pyridine rings is 1. The number of carboxylic acids is 1. The van der Waals surface area contributed by atoms with Crippen molar-refractivity contribution < 1.29 is 14.7 Å². The molecule has 0 saturated heterocycles. The van der Waals surface area contributed by atoms with Crippen molar-refractivity contribution >= 4 is 18.0 Å². The number of aromatic nitrogens is 1. The number of carboxylic acid groups (broad SMARTS) is 1. The monoisotopic (exact) mass is 284 g/mol. The topological polar surface area (TPSA) is 79.6 Å². The number of ketones is 1. The Morgan fingerprint density at radius 3 is 2.52 bits per heavy atom. The van der Waals surface area contributed by atoms with E-state index in [2.05, 4.69) is 9.98 Å². The minimum atomic E-state index is -1.06. The van der Waals surface area contributed by atoms with Gasteiger partial charge < -0.3 is 5.11 Å². The summed E-state index contributed by atoms with van der Waals surface area (Å²) < 4.78 is 0. The Bertz CT molecular complexity index is 613. The number of Topliss-reactive ketones (excluding diaryl/α,β-unsaturated/α-hetero) is 1. The minimum absolute atomic E-state index is 0.0193. The van der Waals surface area contributed by atoms with Crippen molar-refractivity contribution in [3.05, 3.63) is 41.7 Å². The van der Waals surface area contributed by atoms with Crippen LogP contribution in [0.3, 0.4) is 0 Å². The highest BCUT2D eigenvalue weighted by Gasteiger charge is 2.44. The summed E-state index contributed by atoms with van der Waals surface area (Å²) in [7, 11) is 0. The fourth-order valence-corrected chi connectivity index (χ4v) is 3.05. The van der Waals surface area contributed by atoms with E-state index in [9.17, 15) is 9.59 Å². The fraction of sp³-hybridized carbons (Fsp3) is 0.375. The molecular formula is C16H16N2O3. The molecule has 2 heterocycles. The van der Waals surface area contributed by atoms with Gasteiger partial charge in [-0.2, -0.15) is 0 Å². The third kappa shape index (κ3) is 2.28. The van der Waals surface area contributed by atoms with Gasteiger partial charge in [-0.15, -0.1) is 0 Å². The number of hydrogen-bond donors (Lipinski definition) is 1. The molecule has 108 valence electrons. The van der Waals surface area contributed by atoms with Crippen LogP contribution in [-0.2, 0) is 10.3 Å². The Labute approximate surface area is 122 Å². The van der Waals surface area contributed by atoms with Gasteiger partial charge >= 0.3 is 5.97 Å². The summed E-state index contributed by atoms with van der Waals surface area (Å²) in [6, 6.07) is 3.05. The molecule has 3 rings (SSSR count). The van der Waals surface area contributed by atoms with Crippen LogP contribution in [0.15, 0.2) is 35.5 Å². The van der Waals surface area contributed by atoms with E-state index in [0.717, 1.165) is 25.7 Å². The highest BCUT2D eigenvalue weighted by atomic mass is 16.4.